The quantitative estimate of drug-likeness (QED) is 0.446. The van der Waals surface area contributed by atoms with E-state index in [4.69, 9.17) is 28.6 Å². The van der Waals surface area contributed by atoms with Gasteiger partial charge in [0.05, 0.1) is 17.9 Å². The van der Waals surface area contributed by atoms with Gasteiger partial charge in [0.15, 0.2) is 10.3 Å². The highest BCUT2D eigenvalue weighted by atomic mass is 35.5. The number of thiocarbonyl (C=S) groups is 1. The fourth-order valence-electron chi connectivity index (χ4n) is 2.81. The highest BCUT2D eigenvalue weighted by molar-refractivity contribution is 7.80. The molecule has 1 aliphatic rings. The van der Waals surface area contributed by atoms with E-state index in [0.717, 1.165) is 36.2 Å². The zero-order chi connectivity index (χ0) is 17.8. The minimum absolute atomic E-state index is 0.299. The molecule has 0 unspecified atom stereocenters. The van der Waals surface area contributed by atoms with Crippen molar-refractivity contribution in [3.8, 4) is 0 Å². The molecular weight excluding hydrogens is 378 g/mol. The second-order valence-electron chi connectivity index (χ2n) is 5.56. The van der Waals surface area contributed by atoms with Crippen molar-refractivity contribution in [2.24, 2.45) is 0 Å². The summed E-state index contributed by atoms with van der Waals surface area (Å²) < 4.78 is 5.24. The Bertz CT molecular complexity index is 807. The van der Waals surface area contributed by atoms with Crippen LogP contribution in [-0.4, -0.2) is 22.7 Å². The third-order valence-corrected chi connectivity index (χ3v) is 5.60. The molecule has 2 heterocycles. The number of fused-ring (bicyclic) bond motifs is 1. The fraction of sp³-hybridized carbons (Fsp3) is 0.353. The number of carbonyl (C=O) groups is 1. The summed E-state index contributed by atoms with van der Waals surface area (Å²) in [5.41, 5.74) is 2.32. The summed E-state index contributed by atoms with van der Waals surface area (Å²) in [6.45, 7) is 2.15. The van der Waals surface area contributed by atoms with Crippen LogP contribution < -0.4 is 10.6 Å². The number of rotatable bonds is 4. The first kappa shape index (κ1) is 18.1. The average Bonchev–Trinajstić information content (AvgIpc) is 2.95. The zero-order valence-corrected chi connectivity index (χ0v) is 16.1. The minimum Gasteiger partial charge on any atom is -0.462 e. The summed E-state index contributed by atoms with van der Waals surface area (Å²) in [4.78, 5) is 17.7. The molecule has 0 aromatic carbocycles. The van der Waals surface area contributed by atoms with E-state index in [-0.39, 0.29) is 5.97 Å². The van der Waals surface area contributed by atoms with Crippen LogP contribution in [0.15, 0.2) is 18.3 Å². The number of thiophene rings is 1. The second kappa shape index (κ2) is 8.12. The summed E-state index contributed by atoms with van der Waals surface area (Å²) in [6.07, 6.45) is 5.72. The predicted octanol–water partition coefficient (Wildman–Crippen LogP) is 4.66. The molecule has 0 saturated carbocycles. The molecule has 0 atom stereocenters. The maximum atomic E-state index is 12.4. The van der Waals surface area contributed by atoms with E-state index in [1.165, 1.54) is 4.88 Å². The number of esters is 1. The molecule has 0 radical (unpaired) electrons. The molecule has 0 fully saturated rings. The molecule has 8 heteroatoms. The average molecular weight is 396 g/mol. The van der Waals surface area contributed by atoms with Crippen molar-refractivity contribution in [1.29, 1.82) is 0 Å². The number of nitrogens with zero attached hydrogens (tertiary/aromatic N) is 1. The Morgan fingerprint density at radius 1 is 1.40 bits per heavy atom. The highest BCUT2D eigenvalue weighted by Gasteiger charge is 2.26. The Morgan fingerprint density at radius 2 is 2.20 bits per heavy atom. The maximum absolute atomic E-state index is 12.4. The van der Waals surface area contributed by atoms with Crippen molar-refractivity contribution >= 4 is 56.9 Å². The van der Waals surface area contributed by atoms with Gasteiger partial charge >= 0.3 is 5.97 Å². The van der Waals surface area contributed by atoms with Crippen LogP contribution in [0.4, 0.5) is 10.7 Å². The summed E-state index contributed by atoms with van der Waals surface area (Å²) in [6, 6.07) is 3.56. The van der Waals surface area contributed by atoms with Crippen molar-refractivity contribution in [2.75, 3.05) is 17.2 Å². The lowest BCUT2D eigenvalue weighted by Gasteiger charge is -2.13. The monoisotopic (exact) mass is 395 g/mol. The summed E-state index contributed by atoms with van der Waals surface area (Å²) in [7, 11) is 0. The molecule has 132 valence electrons. The Hall–Kier alpha value is -1.70. The lowest BCUT2D eigenvalue weighted by Crippen LogP contribution is -2.21. The van der Waals surface area contributed by atoms with E-state index in [1.807, 2.05) is 0 Å². The molecule has 0 amide bonds. The van der Waals surface area contributed by atoms with Crippen LogP contribution in [0.5, 0.6) is 0 Å². The lowest BCUT2D eigenvalue weighted by molar-refractivity contribution is 0.0526. The van der Waals surface area contributed by atoms with E-state index in [2.05, 4.69) is 15.6 Å². The molecule has 5 nitrogen and oxygen atoms in total. The van der Waals surface area contributed by atoms with Gasteiger partial charge in [-0.1, -0.05) is 11.6 Å². The molecule has 0 aliphatic heterocycles. The number of hydrogen-bond donors (Lipinski definition) is 2. The zero-order valence-electron chi connectivity index (χ0n) is 13.7. The molecule has 0 saturated heterocycles. The maximum Gasteiger partial charge on any atom is 0.341 e. The first-order valence-corrected chi connectivity index (χ1v) is 9.70. The second-order valence-corrected chi connectivity index (χ2v) is 7.43. The van der Waals surface area contributed by atoms with Gasteiger partial charge in [0.25, 0.3) is 0 Å². The van der Waals surface area contributed by atoms with Crippen LogP contribution in [0.1, 0.15) is 40.6 Å². The van der Waals surface area contributed by atoms with Crippen LogP contribution in [0, 0.1) is 0 Å². The number of aromatic nitrogens is 1. The predicted molar refractivity (Wildman–Crippen MR) is 106 cm³/mol. The number of pyridine rings is 1. The van der Waals surface area contributed by atoms with Gasteiger partial charge in [0.2, 0.25) is 0 Å². The molecule has 1 aliphatic carbocycles. The van der Waals surface area contributed by atoms with Crippen molar-refractivity contribution in [1.82, 2.24) is 4.98 Å². The standard InChI is InChI=1S/C17H18ClN3O2S2/c1-2-23-16(22)13-10-6-3-4-8-12(10)25-15(13)21-17(24)20-11-7-5-9-19-14(11)18/h5,7,9H,2-4,6,8H2,1H3,(H2,20,21,24). The largest absolute Gasteiger partial charge is 0.462 e. The molecule has 25 heavy (non-hydrogen) atoms. The van der Waals surface area contributed by atoms with E-state index in [0.29, 0.717) is 28.1 Å². The summed E-state index contributed by atoms with van der Waals surface area (Å²) in [5, 5.41) is 7.57. The van der Waals surface area contributed by atoms with E-state index in [9.17, 15) is 4.79 Å². The van der Waals surface area contributed by atoms with Gasteiger partial charge in [-0.05, 0) is 62.5 Å². The molecule has 2 aromatic heterocycles. The van der Waals surface area contributed by atoms with Crippen LogP contribution in [0.25, 0.3) is 0 Å². The van der Waals surface area contributed by atoms with E-state index in [1.54, 1.807) is 36.6 Å². The molecule has 3 rings (SSSR count). The third kappa shape index (κ3) is 4.11. The number of nitrogens with one attached hydrogen (secondary N) is 2. The molecular formula is C17H18ClN3O2S2. The Morgan fingerprint density at radius 3 is 2.96 bits per heavy atom. The number of carbonyl (C=O) groups excluding carboxylic acids is 1. The fourth-order valence-corrected chi connectivity index (χ4v) is 4.53. The van der Waals surface area contributed by atoms with E-state index < -0.39 is 0 Å². The van der Waals surface area contributed by atoms with Gasteiger partial charge in [-0.3, -0.25) is 0 Å². The number of hydrogen-bond acceptors (Lipinski definition) is 5. The first-order valence-electron chi connectivity index (χ1n) is 8.10. The van der Waals surface area contributed by atoms with Gasteiger partial charge in [-0.2, -0.15) is 0 Å². The number of anilines is 2. The van der Waals surface area contributed by atoms with Gasteiger partial charge < -0.3 is 15.4 Å². The highest BCUT2D eigenvalue weighted by Crippen LogP contribution is 2.38. The minimum atomic E-state index is -0.299. The molecule has 2 aromatic rings. The van der Waals surface area contributed by atoms with Crippen molar-refractivity contribution in [3.63, 3.8) is 0 Å². The van der Waals surface area contributed by atoms with Gasteiger partial charge in [-0.15, -0.1) is 11.3 Å². The lowest BCUT2D eigenvalue weighted by atomic mass is 9.95. The van der Waals surface area contributed by atoms with Gasteiger partial charge in [0, 0.05) is 11.1 Å². The molecule has 2 N–H and O–H groups in total. The van der Waals surface area contributed by atoms with Crippen molar-refractivity contribution in [2.45, 2.75) is 32.6 Å². The summed E-state index contributed by atoms with van der Waals surface area (Å²) in [5.74, 6) is -0.299. The van der Waals surface area contributed by atoms with Crippen molar-refractivity contribution in [3.05, 3.63) is 39.5 Å². The molecule has 0 spiro atoms. The Kier molecular flexibility index (Phi) is 5.88. The number of halogens is 1. The third-order valence-electron chi connectivity index (χ3n) is 3.89. The SMILES string of the molecule is CCOC(=O)c1c(NC(=S)Nc2cccnc2Cl)sc2c1CCCC2. The van der Waals surface area contributed by atoms with Crippen LogP contribution in [0.3, 0.4) is 0 Å². The van der Waals surface area contributed by atoms with Crippen LogP contribution >= 0.6 is 35.2 Å². The normalized spacial score (nSPS) is 13.0. The van der Waals surface area contributed by atoms with E-state index >= 15 is 0 Å². The number of aryl methyl sites for hydroxylation is 1. The molecule has 0 bridgehead atoms. The Labute approximate surface area is 160 Å². The van der Waals surface area contributed by atoms with Gasteiger partial charge in [0.1, 0.15) is 5.00 Å². The smallest absolute Gasteiger partial charge is 0.341 e. The van der Waals surface area contributed by atoms with Gasteiger partial charge in [-0.25, -0.2) is 9.78 Å². The van der Waals surface area contributed by atoms with Crippen LogP contribution in [-0.2, 0) is 17.6 Å². The van der Waals surface area contributed by atoms with Crippen molar-refractivity contribution < 1.29 is 9.53 Å². The number of ether oxygens (including phenoxy) is 1. The first-order chi connectivity index (χ1) is 12.1. The Balaban J connectivity index is 1.84. The summed E-state index contributed by atoms with van der Waals surface area (Å²) >= 11 is 13.0. The topological polar surface area (TPSA) is 63.2 Å². The van der Waals surface area contributed by atoms with Crippen LogP contribution in [0.2, 0.25) is 5.15 Å².